The zero-order chi connectivity index (χ0) is 14.8. The van der Waals surface area contributed by atoms with Crippen molar-refractivity contribution in [2.45, 2.75) is 33.8 Å². The molecule has 0 saturated heterocycles. The van der Waals surface area contributed by atoms with Gasteiger partial charge in [0.2, 0.25) is 0 Å². The maximum absolute atomic E-state index is 9.13. The largest absolute Gasteiger partial charge is 0.391 e. The van der Waals surface area contributed by atoms with E-state index in [4.69, 9.17) is 10.2 Å². The zero-order valence-electron chi connectivity index (χ0n) is 13.6. The van der Waals surface area contributed by atoms with Gasteiger partial charge in [0.1, 0.15) is 19.2 Å². The van der Waals surface area contributed by atoms with E-state index in [0.717, 1.165) is 41.7 Å². The van der Waals surface area contributed by atoms with Crippen LogP contribution in [0.2, 0.25) is 0 Å². The van der Waals surface area contributed by atoms with Gasteiger partial charge >= 0.3 is 0 Å². The molecule has 0 aliphatic carbocycles. The van der Waals surface area contributed by atoms with E-state index in [2.05, 4.69) is 41.9 Å². The molecule has 0 aromatic carbocycles. The van der Waals surface area contributed by atoms with Crippen LogP contribution in [0.4, 0.5) is 0 Å². The predicted molar refractivity (Wildman–Crippen MR) is 78.4 cm³/mol. The minimum absolute atomic E-state index is 0.176. The molecule has 0 amide bonds. The minimum atomic E-state index is -0.176. The fraction of sp³-hybridized carbons (Fsp3) is 1.00. The molecule has 0 radical (unpaired) electrons. The summed E-state index contributed by atoms with van der Waals surface area (Å²) in [6.07, 6.45) is -0.176. The first-order valence-electron chi connectivity index (χ1n) is 7.10. The van der Waals surface area contributed by atoms with Gasteiger partial charge in [0.05, 0.1) is 47.4 Å². The fourth-order valence-corrected chi connectivity index (χ4v) is 1.55. The van der Waals surface area contributed by atoms with E-state index in [9.17, 15) is 0 Å². The first-order valence-corrected chi connectivity index (χ1v) is 7.10. The van der Waals surface area contributed by atoms with Crippen LogP contribution in [-0.4, -0.2) is 85.8 Å². The van der Waals surface area contributed by atoms with E-state index in [1.807, 2.05) is 6.92 Å². The van der Waals surface area contributed by atoms with Gasteiger partial charge in [-0.15, -0.1) is 0 Å². The quantitative estimate of drug-likeness (QED) is 0.672. The molecule has 2 N–H and O–H groups in total. The number of likely N-dealkylation sites (N-methyl/N-ethyl adjacent to an activating group) is 2. The van der Waals surface area contributed by atoms with E-state index in [-0.39, 0.29) is 6.10 Å². The van der Waals surface area contributed by atoms with Crippen LogP contribution in [0.25, 0.3) is 0 Å². The smallest absolute Gasteiger partial charge is 0.104 e. The Morgan fingerprint density at radius 3 is 1.50 bits per heavy atom. The molecular formula is C14H36N2O2+2. The van der Waals surface area contributed by atoms with Crippen LogP contribution in [-0.2, 0) is 0 Å². The van der Waals surface area contributed by atoms with Crippen molar-refractivity contribution in [3.8, 4) is 0 Å². The Labute approximate surface area is 114 Å². The highest BCUT2D eigenvalue weighted by Crippen LogP contribution is 2.02. The van der Waals surface area contributed by atoms with Gasteiger partial charge in [-0.3, -0.25) is 0 Å². The van der Waals surface area contributed by atoms with E-state index in [1.165, 1.54) is 0 Å². The monoisotopic (exact) mass is 264 g/mol. The second kappa shape index (κ2) is 9.73. The molecule has 4 heteroatoms. The minimum Gasteiger partial charge on any atom is -0.391 e. The molecule has 0 bridgehead atoms. The van der Waals surface area contributed by atoms with Crippen LogP contribution in [0.1, 0.15) is 27.7 Å². The lowest BCUT2D eigenvalue weighted by atomic mass is 10.3. The SMILES string of the molecule is CC[N+](C)(C)CCO.CC[N+](C)(CC)CC(C)O. The summed E-state index contributed by atoms with van der Waals surface area (Å²) in [7, 11) is 6.39. The van der Waals surface area contributed by atoms with Crippen molar-refractivity contribution < 1.29 is 19.2 Å². The van der Waals surface area contributed by atoms with E-state index in [1.54, 1.807) is 0 Å². The highest BCUT2D eigenvalue weighted by molar-refractivity contribution is 4.43. The standard InChI is InChI=1S/C8H20NO.C6H16NO/c1-5-9(4,6-2)7-8(3)10;1-4-7(2,3)5-6-8/h8,10H,5-7H2,1-4H3;8H,4-6H2,1-3H3/q2*+1. The van der Waals surface area contributed by atoms with Gasteiger partial charge in [0.15, 0.2) is 0 Å². The summed E-state index contributed by atoms with van der Waals surface area (Å²) in [5.74, 6) is 0. The molecule has 0 aliphatic rings. The van der Waals surface area contributed by atoms with Gasteiger partial charge in [-0.2, -0.15) is 0 Å². The first-order chi connectivity index (χ1) is 8.16. The highest BCUT2D eigenvalue weighted by atomic mass is 16.3. The normalized spacial score (nSPS) is 13.8. The van der Waals surface area contributed by atoms with Crippen molar-refractivity contribution in [1.82, 2.24) is 0 Å². The molecule has 0 spiro atoms. The summed E-state index contributed by atoms with van der Waals surface area (Å²) in [5, 5.41) is 17.7. The molecular weight excluding hydrogens is 228 g/mol. The number of quaternary nitrogens is 2. The molecule has 0 aromatic rings. The summed E-state index contributed by atoms with van der Waals surface area (Å²) in [6.45, 7) is 13.6. The van der Waals surface area contributed by atoms with Gasteiger partial charge in [-0.1, -0.05) is 0 Å². The van der Waals surface area contributed by atoms with Crippen molar-refractivity contribution >= 4 is 0 Å². The lowest BCUT2D eigenvalue weighted by Gasteiger charge is -2.33. The molecule has 1 unspecified atom stereocenters. The van der Waals surface area contributed by atoms with Gasteiger partial charge < -0.3 is 19.2 Å². The van der Waals surface area contributed by atoms with Crippen LogP contribution in [0.5, 0.6) is 0 Å². The molecule has 0 rings (SSSR count). The van der Waals surface area contributed by atoms with E-state index < -0.39 is 0 Å². The molecule has 112 valence electrons. The summed E-state index contributed by atoms with van der Waals surface area (Å²) in [6, 6.07) is 0. The van der Waals surface area contributed by atoms with Gasteiger partial charge in [0.25, 0.3) is 0 Å². The molecule has 1 atom stereocenters. The fourth-order valence-electron chi connectivity index (χ4n) is 1.55. The third-order valence-corrected chi connectivity index (χ3v) is 3.79. The molecule has 18 heavy (non-hydrogen) atoms. The molecule has 0 heterocycles. The summed E-state index contributed by atoms with van der Waals surface area (Å²) in [4.78, 5) is 0. The first kappa shape index (κ1) is 20.2. The maximum atomic E-state index is 9.13. The number of hydrogen-bond acceptors (Lipinski definition) is 2. The second-order valence-corrected chi connectivity index (χ2v) is 5.98. The van der Waals surface area contributed by atoms with Gasteiger partial charge in [-0.05, 0) is 27.7 Å². The number of rotatable bonds is 7. The number of nitrogens with zero attached hydrogens (tertiary/aromatic N) is 2. The lowest BCUT2D eigenvalue weighted by Crippen LogP contribution is -2.47. The Morgan fingerprint density at radius 2 is 1.39 bits per heavy atom. The number of hydrogen-bond donors (Lipinski definition) is 2. The Balaban J connectivity index is 0. The molecule has 0 fully saturated rings. The maximum Gasteiger partial charge on any atom is 0.104 e. The average Bonchev–Trinajstić information content (AvgIpc) is 2.29. The molecule has 0 saturated carbocycles. The van der Waals surface area contributed by atoms with Crippen LogP contribution >= 0.6 is 0 Å². The van der Waals surface area contributed by atoms with Gasteiger partial charge in [0, 0.05) is 0 Å². The van der Waals surface area contributed by atoms with E-state index in [0.29, 0.717) is 6.61 Å². The molecule has 0 aliphatic heterocycles. The number of aliphatic hydroxyl groups excluding tert-OH is 2. The van der Waals surface area contributed by atoms with E-state index >= 15 is 0 Å². The van der Waals surface area contributed by atoms with Crippen LogP contribution in [0.15, 0.2) is 0 Å². The second-order valence-electron chi connectivity index (χ2n) is 5.98. The van der Waals surface area contributed by atoms with Crippen LogP contribution in [0.3, 0.4) is 0 Å². The van der Waals surface area contributed by atoms with Crippen molar-refractivity contribution in [2.75, 3.05) is 60.5 Å². The third-order valence-electron chi connectivity index (χ3n) is 3.79. The molecule has 0 aromatic heterocycles. The summed E-state index contributed by atoms with van der Waals surface area (Å²) >= 11 is 0. The van der Waals surface area contributed by atoms with Gasteiger partial charge in [-0.25, -0.2) is 0 Å². The Bertz CT molecular complexity index is 190. The predicted octanol–water partition coefficient (Wildman–Crippen LogP) is 0.929. The Kier molecular flexibility index (Phi) is 10.9. The summed E-state index contributed by atoms with van der Waals surface area (Å²) in [5.41, 5.74) is 0. The highest BCUT2D eigenvalue weighted by Gasteiger charge is 2.18. The van der Waals surface area contributed by atoms with Crippen LogP contribution in [0, 0.1) is 0 Å². The van der Waals surface area contributed by atoms with Crippen molar-refractivity contribution in [2.24, 2.45) is 0 Å². The zero-order valence-corrected chi connectivity index (χ0v) is 13.6. The lowest BCUT2D eigenvalue weighted by molar-refractivity contribution is -0.908. The average molecular weight is 264 g/mol. The Hall–Kier alpha value is -0.160. The van der Waals surface area contributed by atoms with Crippen molar-refractivity contribution in [3.05, 3.63) is 0 Å². The van der Waals surface area contributed by atoms with Crippen molar-refractivity contribution in [1.29, 1.82) is 0 Å². The summed E-state index contributed by atoms with van der Waals surface area (Å²) < 4.78 is 1.88. The van der Waals surface area contributed by atoms with Crippen molar-refractivity contribution in [3.63, 3.8) is 0 Å². The number of aliphatic hydroxyl groups is 2. The Morgan fingerprint density at radius 1 is 0.944 bits per heavy atom. The van der Waals surface area contributed by atoms with Crippen LogP contribution < -0.4 is 0 Å². The topological polar surface area (TPSA) is 40.5 Å². The third kappa shape index (κ3) is 11.0. The molecule has 4 nitrogen and oxygen atoms in total.